The number of carbonyl (C=O) groups excluding carboxylic acids is 1. The Morgan fingerprint density at radius 1 is 1.12 bits per heavy atom. The predicted molar refractivity (Wildman–Crippen MR) is 160 cm³/mol. The van der Waals surface area contributed by atoms with Crippen LogP contribution in [0, 0.1) is 11.3 Å². The second-order valence-corrected chi connectivity index (χ2v) is 11.0. The predicted octanol–water partition coefficient (Wildman–Crippen LogP) is 3.56. The first kappa shape index (κ1) is 30.4. The third kappa shape index (κ3) is 7.69. The highest BCUT2D eigenvalue weighted by molar-refractivity contribution is 7.45. The molecule has 1 aliphatic heterocycles. The quantitative estimate of drug-likeness (QED) is 0.130. The van der Waals surface area contributed by atoms with Gasteiger partial charge in [-0.1, -0.05) is 66.7 Å². The van der Waals surface area contributed by atoms with Crippen LogP contribution in [-0.4, -0.2) is 45.5 Å². The Morgan fingerprint density at radius 3 is 2.67 bits per heavy atom. The summed E-state index contributed by atoms with van der Waals surface area (Å²) >= 11 is 5.61. The highest BCUT2D eigenvalue weighted by atomic mass is 35.5. The van der Waals surface area contributed by atoms with Crippen LogP contribution in [0.15, 0.2) is 94.6 Å². The summed E-state index contributed by atoms with van der Waals surface area (Å²) in [5, 5.41) is 18.2. The number of halogens is 1. The van der Waals surface area contributed by atoms with E-state index in [1.54, 1.807) is 6.07 Å². The molecular weight excluding hydrogens is 597 g/mol. The number of aromatic nitrogens is 2. The number of ether oxygens (including phenoxy) is 2. The van der Waals surface area contributed by atoms with Gasteiger partial charge < -0.3 is 23.6 Å². The second kappa shape index (κ2) is 14.0. The number of hydrogen-bond donors (Lipinski definition) is 3. The Morgan fingerprint density at radius 2 is 1.88 bits per heavy atom. The molecule has 1 saturated heterocycles. The summed E-state index contributed by atoms with van der Waals surface area (Å²) in [5.74, 6) is 2.51. The van der Waals surface area contributed by atoms with Crippen molar-refractivity contribution < 1.29 is 28.4 Å². The zero-order valence-electron chi connectivity index (χ0n) is 22.6. The van der Waals surface area contributed by atoms with Crippen LogP contribution in [0.4, 0.5) is 0 Å². The van der Waals surface area contributed by atoms with Crippen molar-refractivity contribution in [2.45, 2.75) is 31.0 Å². The summed E-state index contributed by atoms with van der Waals surface area (Å²) < 4.78 is 24.6. The molecule has 3 N–H and O–H groups in total. The molecule has 1 aliphatic rings. The maximum absolute atomic E-state index is 12.5. The van der Waals surface area contributed by atoms with Gasteiger partial charge in [-0.15, -0.1) is 0 Å². The standard InChI is InChI=1S/C30H27ClN3O8P/c31-15-14-30(38)17-23(41-28(30)34-16-13-26(35)33-29(34)37)20-40-43(32-18-27(36)39-19-21-7-2-1-3-8-21)42-25-12-6-10-22-9-4-5-11-24(22)25/h1-13,16,23,28,32,38H,17-20H2,(H,33,35,37). The lowest BCUT2D eigenvalue weighted by Crippen LogP contribution is -2.41. The van der Waals surface area contributed by atoms with Gasteiger partial charge in [0.2, 0.25) is 0 Å². The van der Waals surface area contributed by atoms with E-state index < -0.39 is 43.7 Å². The van der Waals surface area contributed by atoms with E-state index in [4.69, 9.17) is 30.1 Å². The Labute approximate surface area is 252 Å². The Hall–Kier alpha value is -4.01. The van der Waals surface area contributed by atoms with Crippen molar-refractivity contribution in [1.82, 2.24) is 14.6 Å². The summed E-state index contributed by atoms with van der Waals surface area (Å²) in [4.78, 5) is 38.6. The molecule has 0 amide bonds. The molecule has 1 aromatic heterocycles. The molecule has 43 heavy (non-hydrogen) atoms. The fourth-order valence-corrected chi connectivity index (χ4v) is 5.80. The number of esters is 1. The van der Waals surface area contributed by atoms with Crippen LogP contribution in [0.3, 0.4) is 0 Å². The van der Waals surface area contributed by atoms with Crippen molar-refractivity contribution in [3.63, 3.8) is 0 Å². The second-order valence-electron chi connectivity index (χ2n) is 9.58. The highest BCUT2D eigenvalue weighted by Crippen LogP contribution is 2.42. The van der Waals surface area contributed by atoms with Gasteiger partial charge in [0.25, 0.3) is 5.56 Å². The molecule has 13 heteroatoms. The fourth-order valence-electron chi connectivity index (χ4n) is 4.53. The molecule has 0 saturated carbocycles. The van der Waals surface area contributed by atoms with Crippen LogP contribution in [0.2, 0.25) is 0 Å². The number of aromatic amines is 1. The number of carbonyl (C=O) groups is 1. The topological polar surface area (TPSA) is 141 Å². The lowest BCUT2D eigenvalue weighted by molar-refractivity contribution is -0.143. The number of nitrogens with zero attached hydrogens (tertiary/aromatic N) is 1. The average molecular weight is 624 g/mol. The summed E-state index contributed by atoms with van der Waals surface area (Å²) in [7, 11) is -1.93. The van der Waals surface area contributed by atoms with Crippen LogP contribution in [0.1, 0.15) is 18.2 Å². The van der Waals surface area contributed by atoms with E-state index in [1.807, 2.05) is 66.7 Å². The minimum absolute atomic E-state index is 0.0699. The maximum atomic E-state index is 12.5. The van der Waals surface area contributed by atoms with E-state index in [1.165, 1.54) is 6.20 Å². The smallest absolute Gasteiger partial charge is 0.330 e. The molecule has 0 aliphatic carbocycles. The van der Waals surface area contributed by atoms with E-state index in [9.17, 15) is 19.5 Å². The van der Waals surface area contributed by atoms with Crippen molar-refractivity contribution in [2.75, 3.05) is 13.2 Å². The first-order valence-corrected chi connectivity index (χ1v) is 14.7. The van der Waals surface area contributed by atoms with Crippen LogP contribution in [-0.2, 0) is 25.4 Å². The van der Waals surface area contributed by atoms with Crippen molar-refractivity contribution in [1.29, 1.82) is 0 Å². The van der Waals surface area contributed by atoms with E-state index in [2.05, 4.69) is 21.4 Å². The van der Waals surface area contributed by atoms with E-state index in [0.717, 1.165) is 27.0 Å². The van der Waals surface area contributed by atoms with E-state index in [0.29, 0.717) is 5.75 Å². The Kier molecular flexibility index (Phi) is 9.89. The maximum Gasteiger partial charge on any atom is 0.330 e. The molecule has 0 radical (unpaired) electrons. The molecule has 0 bridgehead atoms. The van der Waals surface area contributed by atoms with Gasteiger partial charge in [0.15, 0.2) is 11.8 Å². The van der Waals surface area contributed by atoms with Crippen LogP contribution in [0.5, 0.6) is 5.75 Å². The number of hydrogen-bond acceptors (Lipinski definition) is 9. The summed E-state index contributed by atoms with van der Waals surface area (Å²) in [5.41, 5.74) is -2.39. The van der Waals surface area contributed by atoms with Crippen molar-refractivity contribution in [3.8, 4) is 17.0 Å². The normalized spacial score (nSPS) is 20.2. The van der Waals surface area contributed by atoms with Crippen LogP contribution < -0.4 is 20.9 Å². The third-order valence-corrected chi connectivity index (χ3v) is 7.80. The minimum atomic E-state index is -1.93. The van der Waals surface area contributed by atoms with Gasteiger partial charge in [-0.25, -0.2) is 9.88 Å². The van der Waals surface area contributed by atoms with E-state index in [-0.39, 0.29) is 26.2 Å². The van der Waals surface area contributed by atoms with Gasteiger partial charge >= 0.3 is 20.2 Å². The molecule has 3 aromatic carbocycles. The van der Waals surface area contributed by atoms with E-state index >= 15 is 0 Å². The number of nitrogens with one attached hydrogen (secondary N) is 2. The largest absolute Gasteiger partial charge is 0.460 e. The number of aliphatic hydroxyl groups is 1. The molecular formula is C30H27ClN3O8P. The molecule has 1 fully saturated rings. The summed E-state index contributed by atoms with van der Waals surface area (Å²) in [6, 6.07) is 23.7. The van der Waals surface area contributed by atoms with Gasteiger partial charge in [0.1, 0.15) is 18.9 Å². The molecule has 4 aromatic rings. The molecule has 11 nitrogen and oxygen atoms in total. The zero-order valence-corrected chi connectivity index (χ0v) is 24.3. The Bertz CT molecular complexity index is 1750. The SMILES string of the molecule is O=C(CNP(OCC1CC(O)(C#CCl)C(n2ccc(=O)[nH]c2=O)O1)Oc1cccc2ccccc12)OCc1ccccc1. The molecule has 5 rings (SSSR count). The fraction of sp³-hybridized carbons (Fsp3) is 0.233. The lowest BCUT2D eigenvalue weighted by atomic mass is 9.99. The van der Waals surface area contributed by atoms with Crippen molar-refractivity contribution in [2.24, 2.45) is 0 Å². The van der Waals surface area contributed by atoms with Crippen LogP contribution >= 0.6 is 20.1 Å². The van der Waals surface area contributed by atoms with Gasteiger partial charge in [0.05, 0.1) is 12.7 Å². The number of fused-ring (bicyclic) bond motifs is 1. The van der Waals surface area contributed by atoms with Crippen molar-refractivity contribution >= 4 is 36.9 Å². The molecule has 0 spiro atoms. The first-order valence-electron chi connectivity index (χ1n) is 13.2. The molecule has 2 heterocycles. The van der Waals surface area contributed by atoms with Gasteiger partial charge in [-0.3, -0.25) is 19.1 Å². The lowest BCUT2D eigenvalue weighted by Gasteiger charge is -2.24. The zero-order chi connectivity index (χ0) is 30.2. The Balaban J connectivity index is 1.30. The highest BCUT2D eigenvalue weighted by Gasteiger charge is 2.48. The number of H-pyrrole nitrogens is 1. The monoisotopic (exact) mass is 623 g/mol. The molecule has 4 atom stereocenters. The third-order valence-electron chi connectivity index (χ3n) is 6.54. The van der Waals surface area contributed by atoms with Crippen molar-refractivity contribution in [3.05, 3.63) is 111 Å². The molecule has 4 unspecified atom stereocenters. The summed E-state index contributed by atoms with van der Waals surface area (Å²) in [6.07, 6.45) is -0.906. The number of benzene rings is 3. The summed E-state index contributed by atoms with van der Waals surface area (Å²) in [6.45, 7) is -0.193. The minimum Gasteiger partial charge on any atom is -0.460 e. The van der Waals surface area contributed by atoms with Gasteiger partial charge in [-0.05, 0) is 34.5 Å². The average Bonchev–Trinajstić information content (AvgIpc) is 3.33. The molecule has 222 valence electrons. The van der Waals surface area contributed by atoms with Crippen LogP contribution in [0.25, 0.3) is 10.8 Å². The number of rotatable bonds is 11. The van der Waals surface area contributed by atoms with Gasteiger partial charge in [0, 0.05) is 29.4 Å². The van der Waals surface area contributed by atoms with Gasteiger partial charge in [-0.2, -0.15) is 0 Å². The first-order chi connectivity index (χ1) is 20.8.